The molecule has 3 aromatic heterocycles. The van der Waals surface area contributed by atoms with Crippen LogP contribution in [0.25, 0.3) is 11.3 Å². The first-order valence-electron chi connectivity index (χ1n) is 8.01. The van der Waals surface area contributed by atoms with Gasteiger partial charge in [0.1, 0.15) is 11.6 Å². The number of rotatable bonds is 3. The molecule has 4 heterocycles. The van der Waals surface area contributed by atoms with E-state index in [-0.39, 0.29) is 0 Å². The lowest BCUT2D eigenvalue weighted by atomic mass is 10.2. The van der Waals surface area contributed by atoms with Crippen molar-refractivity contribution in [2.45, 2.75) is 0 Å². The van der Waals surface area contributed by atoms with E-state index in [0.717, 1.165) is 49.1 Å². The van der Waals surface area contributed by atoms with E-state index in [1.54, 1.807) is 10.9 Å². The number of piperazine rings is 1. The van der Waals surface area contributed by atoms with Gasteiger partial charge in [-0.1, -0.05) is 6.07 Å². The van der Waals surface area contributed by atoms with Crippen molar-refractivity contribution in [2.75, 3.05) is 36.0 Å². The van der Waals surface area contributed by atoms with E-state index in [2.05, 4.69) is 30.9 Å². The average Bonchev–Trinajstić information content (AvgIpc) is 3.09. The highest BCUT2D eigenvalue weighted by Crippen LogP contribution is 2.20. The molecule has 0 saturated carbocycles. The molecule has 1 aliphatic rings. The molecule has 4 rings (SSSR count). The van der Waals surface area contributed by atoms with E-state index in [9.17, 15) is 0 Å². The van der Waals surface area contributed by atoms with Crippen molar-refractivity contribution < 1.29 is 0 Å². The smallest absolute Gasteiger partial charge is 0.147 e. The van der Waals surface area contributed by atoms with Crippen LogP contribution in [0.4, 0.5) is 11.6 Å². The van der Waals surface area contributed by atoms with E-state index >= 15 is 0 Å². The van der Waals surface area contributed by atoms with Crippen molar-refractivity contribution in [1.29, 1.82) is 0 Å². The van der Waals surface area contributed by atoms with Crippen LogP contribution in [0.5, 0.6) is 0 Å². The fourth-order valence-corrected chi connectivity index (χ4v) is 2.91. The molecule has 0 atom stereocenters. The highest BCUT2D eigenvalue weighted by atomic mass is 15.3. The van der Waals surface area contributed by atoms with Gasteiger partial charge in [-0.3, -0.25) is 9.67 Å². The quantitative estimate of drug-likeness (QED) is 0.730. The Labute approximate surface area is 140 Å². The van der Waals surface area contributed by atoms with Crippen molar-refractivity contribution in [3.05, 3.63) is 49.2 Å². The molecule has 1 fully saturated rings. The molecule has 0 aromatic carbocycles. The molecule has 0 amide bonds. The highest BCUT2D eigenvalue weighted by Gasteiger charge is 2.19. The Balaban J connectivity index is 1.48. The number of hydrogen-bond acceptors (Lipinski definition) is 6. The third-order valence-corrected chi connectivity index (χ3v) is 4.20. The van der Waals surface area contributed by atoms with Gasteiger partial charge in [-0.25, -0.2) is 9.97 Å². The third kappa shape index (κ3) is 2.92. The first-order valence-corrected chi connectivity index (χ1v) is 8.01. The largest absolute Gasteiger partial charge is 0.353 e. The lowest BCUT2D eigenvalue weighted by molar-refractivity contribution is 0.641. The lowest BCUT2D eigenvalue weighted by Gasteiger charge is -2.35. The van der Waals surface area contributed by atoms with Gasteiger partial charge in [-0.05, 0) is 12.1 Å². The van der Waals surface area contributed by atoms with Crippen LogP contribution < -0.4 is 9.80 Å². The molecule has 0 spiro atoms. The molecule has 1 aliphatic heterocycles. The molecular formula is C17H19N7. The SMILES string of the molecule is Cn1cc(-c2cncc(N3CCN(c4ccccn4)CC3)n2)cn1. The van der Waals surface area contributed by atoms with Gasteiger partial charge in [0.15, 0.2) is 0 Å². The van der Waals surface area contributed by atoms with E-state index in [4.69, 9.17) is 4.98 Å². The number of hydrogen-bond donors (Lipinski definition) is 0. The molecule has 0 bridgehead atoms. The first-order chi connectivity index (χ1) is 11.8. The molecule has 0 unspecified atom stereocenters. The number of pyridine rings is 1. The van der Waals surface area contributed by atoms with Crippen LogP contribution in [0, 0.1) is 0 Å². The Kier molecular flexibility index (Phi) is 3.82. The van der Waals surface area contributed by atoms with Crippen LogP contribution in [0.2, 0.25) is 0 Å². The molecule has 0 N–H and O–H groups in total. The zero-order valence-electron chi connectivity index (χ0n) is 13.6. The second-order valence-electron chi connectivity index (χ2n) is 5.83. The van der Waals surface area contributed by atoms with Crippen molar-refractivity contribution in [1.82, 2.24) is 24.7 Å². The van der Waals surface area contributed by atoms with Crippen molar-refractivity contribution in [3.8, 4) is 11.3 Å². The standard InChI is InChI=1S/C17H19N7/c1-22-13-14(10-20-22)15-11-18-12-17(21-15)24-8-6-23(7-9-24)16-4-2-3-5-19-16/h2-5,10-13H,6-9H2,1H3. The number of aryl methyl sites for hydroxylation is 1. The van der Waals surface area contributed by atoms with E-state index < -0.39 is 0 Å². The Morgan fingerprint density at radius 2 is 1.71 bits per heavy atom. The van der Waals surface area contributed by atoms with E-state index in [1.807, 2.05) is 44.0 Å². The fraction of sp³-hybridized carbons (Fsp3) is 0.294. The Morgan fingerprint density at radius 3 is 2.38 bits per heavy atom. The second kappa shape index (κ2) is 6.27. The summed E-state index contributed by atoms with van der Waals surface area (Å²) < 4.78 is 1.77. The second-order valence-corrected chi connectivity index (χ2v) is 5.83. The van der Waals surface area contributed by atoms with Crippen LogP contribution in [0.15, 0.2) is 49.2 Å². The van der Waals surface area contributed by atoms with Crippen LogP contribution in [-0.2, 0) is 7.05 Å². The van der Waals surface area contributed by atoms with Gasteiger partial charge >= 0.3 is 0 Å². The summed E-state index contributed by atoms with van der Waals surface area (Å²) >= 11 is 0. The fourth-order valence-electron chi connectivity index (χ4n) is 2.91. The van der Waals surface area contributed by atoms with Gasteiger partial charge in [-0.15, -0.1) is 0 Å². The minimum Gasteiger partial charge on any atom is -0.353 e. The average molecular weight is 321 g/mol. The normalized spacial score (nSPS) is 14.9. The predicted octanol–water partition coefficient (Wildman–Crippen LogP) is 1.60. The molecule has 1 saturated heterocycles. The van der Waals surface area contributed by atoms with Gasteiger partial charge in [0.05, 0.1) is 24.3 Å². The minimum atomic E-state index is 0.854. The maximum absolute atomic E-state index is 4.75. The Morgan fingerprint density at radius 1 is 0.917 bits per heavy atom. The molecule has 3 aromatic rings. The topological polar surface area (TPSA) is 63.0 Å². The number of aromatic nitrogens is 5. The van der Waals surface area contributed by atoms with Gasteiger partial charge in [-0.2, -0.15) is 5.10 Å². The number of anilines is 2. The molecule has 0 radical (unpaired) electrons. The summed E-state index contributed by atoms with van der Waals surface area (Å²) in [6.45, 7) is 3.66. The maximum Gasteiger partial charge on any atom is 0.147 e. The molecule has 24 heavy (non-hydrogen) atoms. The molecule has 0 aliphatic carbocycles. The van der Waals surface area contributed by atoms with Crippen molar-refractivity contribution in [3.63, 3.8) is 0 Å². The maximum atomic E-state index is 4.75. The van der Waals surface area contributed by atoms with Crippen LogP contribution in [-0.4, -0.2) is 50.9 Å². The minimum absolute atomic E-state index is 0.854. The summed E-state index contributed by atoms with van der Waals surface area (Å²) in [6, 6.07) is 6.02. The predicted molar refractivity (Wildman–Crippen MR) is 92.9 cm³/mol. The Bertz CT molecular complexity index is 807. The highest BCUT2D eigenvalue weighted by molar-refractivity contribution is 5.58. The zero-order chi connectivity index (χ0) is 16.4. The van der Waals surface area contributed by atoms with Gasteiger partial charge < -0.3 is 9.80 Å². The van der Waals surface area contributed by atoms with Gasteiger partial charge in [0.25, 0.3) is 0 Å². The summed E-state index contributed by atoms with van der Waals surface area (Å²) in [5.41, 5.74) is 1.84. The molecule has 7 nitrogen and oxygen atoms in total. The van der Waals surface area contributed by atoms with E-state index in [1.165, 1.54) is 0 Å². The van der Waals surface area contributed by atoms with Gasteiger partial charge in [0, 0.05) is 51.2 Å². The van der Waals surface area contributed by atoms with Crippen molar-refractivity contribution in [2.24, 2.45) is 7.05 Å². The summed E-state index contributed by atoms with van der Waals surface area (Å²) in [5, 5.41) is 4.20. The summed E-state index contributed by atoms with van der Waals surface area (Å²) in [5.74, 6) is 1.95. The van der Waals surface area contributed by atoms with E-state index in [0.29, 0.717) is 0 Å². The summed E-state index contributed by atoms with van der Waals surface area (Å²) in [7, 11) is 1.90. The Hall–Kier alpha value is -2.96. The van der Waals surface area contributed by atoms with Crippen LogP contribution in [0.1, 0.15) is 0 Å². The third-order valence-electron chi connectivity index (χ3n) is 4.20. The zero-order valence-corrected chi connectivity index (χ0v) is 13.6. The molecular weight excluding hydrogens is 302 g/mol. The van der Waals surface area contributed by atoms with Crippen LogP contribution >= 0.6 is 0 Å². The van der Waals surface area contributed by atoms with Crippen molar-refractivity contribution >= 4 is 11.6 Å². The lowest BCUT2D eigenvalue weighted by Crippen LogP contribution is -2.47. The monoisotopic (exact) mass is 321 g/mol. The number of nitrogens with zero attached hydrogens (tertiary/aromatic N) is 7. The summed E-state index contributed by atoms with van der Waals surface area (Å²) in [6.07, 6.45) is 9.21. The first kappa shape index (κ1) is 14.6. The molecule has 122 valence electrons. The summed E-state index contributed by atoms with van der Waals surface area (Å²) in [4.78, 5) is 18.1. The van der Waals surface area contributed by atoms with Gasteiger partial charge in [0.2, 0.25) is 0 Å². The van der Waals surface area contributed by atoms with Crippen LogP contribution in [0.3, 0.4) is 0 Å². The molecule has 7 heteroatoms.